The van der Waals surface area contributed by atoms with Crippen molar-refractivity contribution in [1.29, 1.82) is 0 Å². The van der Waals surface area contributed by atoms with Gasteiger partial charge in [0, 0.05) is 17.0 Å². The van der Waals surface area contributed by atoms with E-state index in [2.05, 4.69) is 21.2 Å². The molecule has 24 heavy (non-hydrogen) atoms. The Kier molecular flexibility index (Phi) is 6.93. The van der Waals surface area contributed by atoms with Gasteiger partial charge in [-0.2, -0.15) is 0 Å². The van der Waals surface area contributed by atoms with Crippen molar-refractivity contribution in [3.05, 3.63) is 46.9 Å². The summed E-state index contributed by atoms with van der Waals surface area (Å²) in [5, 5.41) is 2.84. The molecule has 1 amide bonds. The molecule has 0 spiro atoms. The van der Waals surface area contributed by atoms with Crippen LogP contribution >= 0.6 is 15.9 Å². The molecule has 0 aliphatic rings. The van der Waals surface area contributed by atoms with Gasteiger partial charge in [-0.15, -0.1) is 0 Å². The van der Waals surface area contributed by atoms with Crippen molar-refractivity contribution < 1.29 is 19.0 Å². The van der Waals surface area contributed by atoms with Gasteiger partial charge >= 0.3 is 0 Å². The van der Waals surface area contributed by atoms with Crippen LogP contribution in [0.3, 0.4) is 0 Å². The Morgan fingerprint density at radius 2 is 1.92 bits per heavy atom. The van der Waals surface area contributed by atoms with E-state index in [-0.39, 0.29) is 5.91 Å². The van der Waals surface area contributed by atoms with Crippen LogP contribution in [0.2, 0.25) is 0 Å². The molecule has 0 aromatic heterocycles. The molecule has 0 fully saturated rings. The monoisotopic (exact) mass is 393 g/mol. The van der Waals surface area contributed by atoms with Gasteiger partial charge in [0.25, 0.3) is 0 Å². The first kappa shape index (κ1) is 18.1. The van der Waals surface area contributed by atoms with Gasteiger partial charge in [-0.05, 0) is 36.8 Å². The van der Waals surface area contributed by atoms with Crippen LogP contribution in [-0.2, 0) is 4.79 Å². The highest BCUT2D eigenvalue weighted by molar-refractivity contribution is 9.10. The van der Waals surface area contributed by atoms with Crippen LogP contribution in [0.1, 0.15) is 12.8 Å². The predicted octanol–water partition coefficient (Wildman–Crippen LogP) is 4.26. The number of ether oxygens (including phenoxy) is 3. The maximum Gasteiger partial charge on any atom is 0.224 e. The first-order chi connectivity index (χ1) is 11.6. The van der Waals surface area contributed by atoms with Crippen LogP contribution in [0.5, 0.6) is 17.2 Å². The molecule has 0 unspecified atom stereocenters. The van der Waals surface area contributed by atoms with Crippen molar-refractivity contribution in [2.45, 2.75) is 12.8 Å². The average Bonchev–Trinajstić information content (AvgIpc) is 2.58. The van der Waals surface area contributed by atoms with Crippen LogP contribution in [0.15, 0.2) is 46.9 Å². The molecule has 0 atom stereocenters. The van der Waals surface area contributed by atoms with Gasteiger partial charge in [-0.3, -0.25) is 4.79 Å². The molecule has 2 aromatic carbocycles. The lowest BCUT2D eigenvalue weighted by molar-refractivity contribution is -0.116. The Morgan fingerprint density at radius 3 is 2.62 bits per heavy atom. The van der Waals surface area contributed by atoms with Crippen LogP contribution in [0.25, 0.3) is 0 Å². The van der Waals surface area contributed by atoms with E-state index in [1.165, 1.54) is 0 Å². The van der Waals surface area contributed by atoms with Crippen molar-refractivity contribution in [2.24, 2.45) is 0 Å². The molecule has 0 saturated carbocycles. The molecule has 2 rings (SSSR count). The van der Waals surface area contributed by atoms with Crippen molar-refractivity contribution in [2.75, 3.05) is 26.1 Å². The van der Waals surface area contributed by atoms with Crippen molar-refractivity contribution in [3.63, 3.8) is 0 Å². The van der Waals surface area contributed by atoms with E-state index in [0.29, 0.717) is 36.6 Å². The molecular formula is C18H20BrNO4. The highest BCUT2D eigenvalue weighted by Gasteiger charge is 2.09. The summed E-state index contributed by atoms with van der Waals surface area (Å²) in [4.78, 5) is 12.1. The van der Waals surface area contributed by atoms with Crippen molar-refractivity contribution in [1.82, 2.24) is 0 Å². The van der Waals surface area contributed by atoms with Crippen LogP contribution in [-0.4, -0.2) is 26.7 Å². The summed E-state index contributed by atoms with van der Waals surface area (Å²) < 4.78 is 17.0. The molecule has 0 aliphatic heterocycles. The van der Waals surface area contributed by atoms with Crippen LogP contribution in [0, 0.1) is 0 Å². The van der Waals surface area contributed by atoms with E-state index in [1.807, 2.05) is 24.3 Å². The summed E-state index contributed by atoms with van der Waals surface area (Å²) in [5.41, 5.74) is 0.592. The zero-order valence-electron chi connectivity index (χ0n) is 13.7. The maximum absolute atomic E-state index is 12.1. The van der Waals surface area contributed by atoms with E-state index >= 15 is 0 Å². The van der Waals surface area contributed by atoms with Crippen LogP contribution in [0.4, 0.5) is 5.69 Å². The Bertz CT molecular complexity index is 690. The fourth-order valence-corrected chi connectivity index (χ4v) is 2.48. The zero-order chi connectivity index (χ0) is 17.4. The molecule has 6 heteroatoms. The number of benzene rings is 2. The van der Waals surface area contributed by atoms with Gasteiger partial charge in [0.15, 0.2) is 0 Å². The molecule has 1 N–H and O–H groups in total. The highest BCUT2D eigenvalue weighted by atomic mass is 79.9. The average molecular weight is 394 g/mol. The number of carbonyl (C=O) groups is 1. The third-order valence-corrected chi connectivity index (χ3v) is 3.79. The second-order valence-corrected chi connectivity index (χ2v) is 5.94. The first-order valence-corrected chi connectivity index (χ1v) is 8.32. The second kappa shape index (κ2) is 9.17. The summed E-state index contributed by atoms with van der Waals surface area (Å²) in [6, 6.07) is 12.9. The molecule has 128 valence electrons. The molecular weight excluding hydrogens is 374 g/mol. The molecule has 0 aliphatic carbocycles. The smallest absolute Gasteiger partial charge is 0.224 e. The Hall–Kier alpha value is -2.21. The number of anilines is 1. The number of hydrogen-bond donors (Lipinski definition) is 1. The van der Waals surface area contributed by atoms with E-state index in [1.54, 1.807) is 32.4 Å². The van der Waals surface area contributed by atoms with Crippen LogP contribution < -0.4 is 19.5 Å². The highest BCUT2D eigenvalue weighted by Crippen LogP contribution is 2.29. The third-order valence-electron chi connectivity index (χ3n) is 3.29. The number of methoxy groups -OCH3 is 2. The topological polar surface area (TPSA) is 56.8 Å². The minimum Gasteiger partial charge on any atom is -0.497 e. The Balaban J connectivity index is 1.81. The molecule has 0 radical (unpaired) electrons. The third kappa shape index (κ3) is 5.45. The number of carbonyl (C=O) groups excluding carboxylic acids is 1. The summed E-state index contributed by atoms with van der Waals surface area (Å²) in [5.74, 6) is 1.93. The number of nitrogens with one attached hydrogen (secondary N) is 1. The fourth-order valence-electron chi connectivity index (χ4n) is 2.10. The van der Waals surface area contributed by atoms with E-state index in [9.17, 15) is 4.79 Å². The predicted molar refractivity (Wildman–Crippen MR) is 97.0 cm³/mol. The standard InChI is InChI=1S/C18H20BrNO4/c1-22-14-8-9-17(23-2)16(12-14)20-18(21)7-4-10-24-15-6-3-5-13(19)11-15/h3,5-6,8-9,11-12H,4,7,10H2,1-2H3,(H,20,21). The van der Waals surface area contributed by atoms with Gasteiger partial charge in [0.1, 0.15) is 17.2 Å². The maximum atomic E-state index is 12.1. The normalized spacial score (nSPS) is 10.1. The van der Waals surface area contributed by atoms with Gasteiger partial charge in [-0.25, -0.2) is 0 Å². The van der Waals surface area contributed by atoms with Gasteiger partial charge in [0.05, 0.1) is 26.5 Å². The molecule has 2 aromatic rings. The second-order valence-electron chi connectivity index (χ2n) is 5.02. The first-order valence-electron chi connectivity index (χ1n) is 7.52. The summed E-state index contributed by atoms with van der Waals surface area (Å²) in [6.07, 6.45) is 0.971. The number of amides is 1. The lowest BCUT2D eigenvalue weighted by atomic mass is 10.2. The number of hydrogen-bond acceptors (Lipinski definition) is 4. The quantitative estimate of drug-likeness (QED) is 0.680. The largest absolute Gasteiger partial charge is 0.497 e. The molecule has 0 saturated heterocycles. The van der Waals surface area contributed by atoms with Crippen molar-refractivity contribution >= 4 is 27.5 Å². The summed E-state index contributed by atoms with van der Waals surface area (Å²) in [6.45, 7) is 0.471. The lowest BCUT2D eigenvalue weighted by Gasteiger charge is -2.12. The Labute approximate surface area is 150 Å². The Morgan fingerprint density at radius 1 is 1.08 bits per heavy atom. The van der Waals surface area contributed by atoms with Gasteiger partial charge < -0.3 is 19.5 Å². The van der Waals surface area contributed by atoms with E-state index in [0.717, 1.165) is 10.2 Å². The summed E-state index contributed by atoms with van der Waals surface area (Å²) in [7, 11) is 3.13. The molecule has 0 bridgehead atoms. The zero-order valence-corrected chi connectivity index (χ0v) is 15.3. The van der Waals surface area contributed by atoms with Gasteiger partial charge in [-0.1, -0.05) is 22.0 Å². The SMILES string of the molecule is COc1ccc(OC)c(NC(=O)CCCOc2cccc(Br)c2)c1. The van der Waals surface area contributed by atoms with Crippen molar-refractivity contribution in [3.8, 4) is 17.2 Å². The molecule has 0 heterocycles. The summed E-state index contributed by atoms with van der Waals surface area (Å²) >= 11 is 3.39. The number of rotatable bonds is 8. The molecule has 5 nitrogen and oxygen atoms in total. The fraction of sp³-hybridized carbons (Fsp3) is 0.278. The van der Waals surface area contributed by atoms with E-state index < -0.39 is 0 Å². The van der Waals surface area contributed by atoms with Gasteiger partial charge in [0.2, 0.25) is 5.91 Å². The minimum atomic E-state index is -0.0978. The van der Waals surface area contributed by atoms with E-state index in [4.69, 9.17) is 14.2 Å². The lowest BCUT2D eigenvalue weighted by Crippen LogP contribution is -2.13. The minimum absolute atomic E-state index is 0.0978. The number of halogens is 1.